The highest BCUT2D eigenvalue weighted by atomic mass is 127. The van der Waals surface area contributed by atoms with E-state index in [0.29, 0.717) is 0 Å². The Morgan fingerprint density at radius 3 is 2.37 bits per heavy atom. The summed E-state index contributed by atoms with van der Waals surface area (Å²) in [5.74, 6) is 2.45. The average Bonchev–Trinajstić information content (AvgIpc) is 2.71. The van der Waals surface area contributed by atoms with Gasteiger partial charge in [-0.15, -0.1) is 24.0 Å². The smallest absolute Gasteiger partial charge is 0.191 e. The van der Waals surface area contributed by atoms with Crippen molar-refractivity contribution in [1.82, 2.24) is 20.4 Å². The average molecular weight is 530 g/mol. The second kappa shape index (κ2) is 13.5. The first-order chi connectivity index (χ1) is 14.1. The van der Waals surface area contributed by atoms with Crippen LogP contribution in [0.25, 0.3) is 0 Å². The van der Waals surface area contributed by atoms with E-state index < -0.39 is 0 Å². The summed E-state index contributed by atoms with van der Waals surface area (Å²) in [6.45, 7) is 14.7. The van der Waals surface area contributed by atoms with E-state index >= 15 is 0 Å². The third-order valence-electron chi connectivity index (χ3n) is 5.95. The minimum Gasteiger partial charge on any atom is -0.379 e. The number of nitrogens with zero attached hydrogens (tertiary/aromatic N) is 3. The van der Waals surface area contributed by atoms with Gasteiger partial charge in [-0.25, -0.2) is 0 Å². The molecule has 0 radical (unpaired) electrons. The number of aliphatic imine (C=N–C) groups is 1. The molecular formula is C23H40IN5O. The number of halogens is 1. The molecular weight excluding hydrogens is 489 g/mol. The zero-order chi connectivity index (χ0) is 20.5. The molecule has 170 valence electrons. The number of guanidine groups is 1. The van der Waals surface area contributed by atoms with Crippen LogP contribution in [0.4, 0.5) is 0 Å². The number of hydrogen-bond donors (Lipinski definition) is 2. The standard InChI is InChI=1S/C23H39N5O.HI/c1-19-14-20(2)17-28(16-19)18-22-7-5-4-6-21(22)15-26-23(24-3)25-8-9-27-10-12-29-13-11-27;/h4-7,19-20H,8-18H2,1-3H3,(H2,24,25,26);1H. The lowest BCUT2D eigenvalue weighted by Crippen LogP contribution is -2.44. The van der Waals surface area contributed by atoms with Crippen LogP contribution < -0.4 is 10.6 Å². The topological polar surface area (TPSA) is 52.1 Å². The maximum absolute atomic E-state index is 5.41. The van der Waals surface area contributed by atoms with E-state index in [1.54, 1.807) is 0 Å². The molecule has 6 nitrogen and oxygen atoms in total. The summed E-state index contributed by atoms with van der Waals surface area (Å²) < 4.78 is 5.41. The van der Waals surface area contributed by atoms with Gasteiger partial charge in [-0.1, -0.05) is 38.1 Å². The van der Waals surface area contributed by atoms with Gasteiger partial charge in [-0.3, -0.25) is 14.8 Å². The van der Waals surface area contributed by atoms with E-state index in [9.17, 15) is 0 Å². The van der Waals surface area contributed by atoms with Crippen LogP contribution in [-0.4, -0.2) is 75.3 Å². The molecule has 7 heteroatoms. The number of ether oxygens (including phenoxy) is 1. The van der Waals surface area contributed by atoms with Gasteiger partial charge >= 0.3 is 0 Å². The zero-order valence-electron chi connectivity index (χ0n) is 18.9. The van der Waals surface area contributed by atoms with Crippen molar-refractivity contribution in [2.24, 2.45) is 16.8 Å². The number of piperidine rings is 1. The molecule has 0 aromatic heterocycles. The fourth-order valence-electron chi connectivity index (χ4n) is 4.60. The summed E-state index contributed by atoms with van der Waals surface area (Å²) in [5, 5.41) is 6.94. The normalized spacial score (nSPS) is 23.6. The van der Waals surface area contributed by atoms with Gasteiger partial charge in [0.05, 0.1) is 13.2 Å². The second-order valence-corrected chi connectivity index (χ2v) is 8.72. The quantitative estimate of drug-likeness (QED) is 0.323. The zero-order valence-corrected chi connectivity index (χ0v) is 21.2. The van der Waals surface area contributed by atoms with E-state index in [1.807, 2.05) is 7.05 Å². The van der Waals surface area contributed by atoms with Crippen molar-refractivity contribution in [2.45, 2.75) is 33.4 Å². The van der Waals surface area contributed by atoms with Crippen LogP contribution in [0, 0.1) is 11.8 Å². The Hall–Kier alpha value is -0.900. The molecule has 1 aromatic carbocycles. The van der Waals surface area contributed by atoms with Crippen molar-refractivity contribution in [3.05, 3.63) is 35.4 Å². The number of nitrogens with one attached hydrogen (secondary N) is 2. The fourth-order valence-corrected chi connectivity index (χ4v) is 4.60. The number of hydrogen-bond acceptors (Lipinski definition) is 4. The van der Waals surface area contributed by atoms with Gasteiger partial charge in [0, 0.05) is 59.4 Å². The summed E-state index contributed by atoms with van der Waals surface area (Å²) >= 11 is 0. The Labute approximate surface area is 199 Å². The molecule has 30 heavy (non-hydrogen) atoms. The van der Waals surface area contributed by atoms with Gasteiger partial charge in [-0.05, 0) is 29.4 Å². The van der Waals surface area contributed by atoms with Crippen LogP contribution in [0.15, 0.2) is 29.3 Å². The maximum atomic E-state index is 5.41. The molecule has 0 amide bonds. The lowest BCUT2D eigenvalue weighted by atomic mass is 9.91. The first-order valence-electron chi connectivity index (χ1n) is 11.2. The van der Waals surface area contributed by atoms with Crippen molar-refractivity contribution in [1.29, 1.82) is 0 Å². The summed E-state index contributed by atoms with van der Waals surface area (Å²) in [6, 6.07) is 8.80. The van der Waals surface area contributed by atoms with Gasteiger partial charge in [0.1, 0.15) is 0 Å². The van der Waals surface area contributed by atoms with Gasteiger partial charge < -0.3 is 15.4 Å². The number of morpholine rings is 1. The first-order valence-corrected chi connectivity index (χ1v) is 11.2. The Balaban J connectivity index is 0.00000320. The highest BCUT2D eigenvalue weighted by molar-refractivity contribution is 14.0. The van der Waals surface area contributed by atoms with E-state index in [1.165, 1.54) is 30.6 Å². The number of rotatable bonds is 7. The van der Waals surface area contributed by atoms with E-state index in [2.05, 4.69) is 63.5 Å². The van der Waals surface area contributed by atoms with E-state index in [4.69, 9.17) is 4.74 Å². The number of benzene rings is 1. The molecule has 3 rings (SSSR count). The molecule has 2 heterocycles. The predicted molar refractivity (Wildman–Crippen MR) is 136 cm³/mol. The Morgan fingerprint density at radius 2 is 1.70 bits per heavy atom. The van der Waals surface area contributed by atoms with Gasteiger partial charge in [0.2, 0.25) is 0 Å². The van der Waals surface area contributed by atoms with Crippen LogP contribution in [0.5, 0.6) is 0 Å². The molecule has 0 spiro atoms. The lowest BCUT2D eigenvalue weighted by molar-refractivity contribution is 0.0389. The third kappa shape index (κ3) is 8.32. The maximum Gasteiger partial charge on any atom is 0.191 e. The predicted octanol–water partition coefficient (Wildman–Crippen LogP) is 2.78. The molecule has 2 aliphatic rings. The van der Waals surface area contributed by atoms with Gasteiger partial charge in [-0.2, -0.15) is 0 Å². The van der Waals surface area contributed by atoms with E-state index in [0.717, 1.165) is 70.3 Å². The third-order valence-corrected chi connectivity index (χ3v) is 5.95. The minimum atomic E-state index is 0. The summed E-state index contributed by atoms with van der Waals surface area (Å²) in [5.41, 5.74) is 2.78. The Morgan fingerprint density at radius 1 is 1.03 bits per heavy atom. The van der Waals surface area contributed by atoms with Crippen LogP contribution in [-0.2, 0) is 17.8 Å². The van der Waals surface area contributed by atoms with E-state index in [-0.39, 0.29) is 24.0 Å². The van der Waals surface area contributed by atoms with Crippen molar-refractivity contribution >= 4 is 29.9 Å². The molecule has 2 aliphatic heterocycles. The van der Waals surface area contributed by atoms with Gasteiger partial charge in [0.15, 0.2) is 5.96 Å². The van der Waals surface area contributed by atoms with Crippen LogP contribution >= 0.6 is 24.0 Å². The summed E-state index contributed by atoms with van der Waals surface area (Å²) in [6.07, 6.45) is 1.35. The molecule has 2 unspecified atom stereocenters. The second-order valence-electron chi connectivity index (χ2n) is 8.72. The van der Waals surface area contributed by atoms with Crippen molar-refractivity contribution < 1.29 is 4.74 Å². The largest absolute Gasteiger partial charge is 0.379 e. The molecule has 2 saturated heterocycles. The monoisotopic (exact) mass is 529 g/mol. The molecule has 2 fully saturated rings. The highest BCUT2D eigenvalue weighted by Crippen LogP contribution is 2.23. The van der Waals surface area contributed by atoms with Crippen LogP contribution in [0.3, 0.4) is 0 Å². The minimum absolute atomic E-state index is 0. The Kier molecular flexibility index (Phi) is 11.4. The fraction of sp³-hybridized carbons (Fsp3) is 0.696. The SMILES string of the molecule is CN=C(NCCN1CCOCC1)NCc1ccccc1CN1CC(C)CC(C)C1.I. The number of likely N-dealkylation sites (tertiary alicyclic amines) is 1. The van der Waals surface area contributed by atoms with Gasteiger partial charge in [0.25, 0.3) is 0 Å². The Bertz CT molecular complexity index is 640. The molecule has 0 aliphatic carbocycles. The van der Waals surface area contributed by atoms with Crippen LogP contribution in [0.2, 0.25) is 0 Å². The lowest BCUT2D eigenvalue weighted by Gasteiger charge is -2.35. The van der Waals surface area contributed by atoms with Crippen molar-refractivity contribution in [2.75, 3.05) is 59.5 Å². The summed E-state index contributed by atoms with van der Waals surface area (Å²) in [4.78, 5) is 9.44. The summed E-state index contributed by atoms with van der Waals surface area (Å²) in [7, 11) is 1.84. The van der Waals surface area contributed by atoms with Crippen LogP contribution in [0.1, 0.15) is 31.4 Å². The molecule has 1 aromatic rings. The highest BCUT2D eigenvalue weighted by Gasteiger charge is 2.22. The molecule has 0 bridgehead atoms. The van der Waals surface area contributed by atoms with Crippen molar-refractivity contribution in [3.63, 3.8) is 0 Å². The van der Waals surface area contributed by atoms with Crippen molar-refractivity contribution in [3.8, 4) is 0 Å². The first kappa shape index (κ1) is 25.4. The molecule has 0 saturated carbocycles. The molecule has 2 N–H and O–H groups in total. The molecule has 2 atom stereocenters.